The minimum atomic E-state index is -0.0354. The summed E-state index contributed by atoms with van der Waals surface area (Å²) in [5.41, 5.74) is 16.3. The second kappa shape index (κ2) is 7.45. The summed E-state index contributed by atoms with van der Waals surface area (Å²) in [7, 11) is 0. The lowest BCUT2D eigenvalue weighted by atomic mass is 9.65. The van der Waals surface area contributed by atoms with Crippen molar-refractivity contribution in [2.45, 2.75) is 39.2 Å². The summed E-state index contributed by atoms with van der Waals surface area (Å²) < 4.78 is 0. The quantitative estimate of drug-likeness (QED) is 0.716. The van der Waals surface area contributed by atoms with E-state index in [4.69, 9.17) is 11.5 Å². The largest absolute Gasteiger partial charge is 0.399 e. The molecule has 0 radical (unpaired) electrons. The number of nitrogen functional groups attached to an aromatic ring is 1. The van der Waals surface area contributed by atoms with E-state index in [9.17, 15) is 0 Å². The van der Waals surface area contributed by atoms with Crippen LogP contribution >= 0.6 is 0 Å². The van der Waals surface area contributed by atoms with Crippen LogP contribution in [0.5, 0.6) is 0 Å². The van der Waals surface area contributed by atoms with E-state index in [0.717, 1.165) is 30.5 Å². The fraction of sp³-hybridized carbons (Fsp3) is 0.391. The summed E-state index contributed by atoms with van der Waals surface area (Å²) in [5.74, 6) is 0.944. The maximum atomic E-state index is 6.82. The van der Waals surface area contributed by atoms with Crippen LogP contribution in [-0.2, 0) is 0 Å². The van der Waals surface area contributed by atoms with Gasteiger partial charge >= 0.3 is 0 Å². The second-order valence-corrected chi connectivity index (χ2v) is 7.89. The first-order chi connectivity index (χ1) is 12.0. The fourth-order valence-electron chi connectivity index (χ4n) is 4.15. The van der Waals surface area contributed by atoms with Gasteiger partial charge < -0.3 is 11.5 Å². The van der Waals surface area contributed by atoms with Crippen molar-refractivity contribution in [2.75, 3.05) is 5.73 Å². The summed E-state index contributed by atoms with van der Waals surface area (Å²) in [6.07, 6.45) is 18.9. The SMILES string of the molecule is CC1C=CC=C(C[C@H]([C@H](N)c2cccc(N)c2)C2(C)C=CC=CC2)C1. The first kappa shape index (κ1) is 17.8. The van der Waals surface area contributed by atoms with Crippen molar-refractivity contribution in [3.05, 3.63) is 77.9 Å². The summed E-state index contributed by atoms with van der Waals surface area (Å²) in [6, 6.07) is 8.03. The molecule has 0 aromatic heterocycles. The first-order valence-electron chi connectivity index (χ1n) is 9.29. The van der Waals surface area contributed by atoms with Gasteiger partial charge in [-0.15, -0.1) is 0 Å². The van der Waals surface area contributed by atoms with Gasteiger partial charge in [0.2, 0.25) is 0 Å². The van der Waals surface area contributed by atoms with Crippen LogP contribution in [0.3, 0.4) is 0 Å². The molecule has 2 aliphatic carbocycles. The van der Waals surface area contributed by atoms with Crippen molar-refractivity contribution in [1.29, 1.82) is 0 Å². The highest BCUT2D eigenvalue weighted by molar-refractivity contribution is 5.42. The molecule has 25 heavy (non-hydrogen) atoms. The summed E-state index contributed by atoms with van der Waals surface area (Å²) in [4.78, 5) is 0. The van der Waals surface area contributed by atoms with E-state index in [2.05, 4.69) is 62.4 Å². The van der Waals surface area contributed by atoms with Crippen molar-refractivity contribution in [1.82, 2.24) is 0 Å². The van der Waals surface area contributed by atoms with E-state index < -0.39 is 0 Å². The predicted molar refractivity (Wildman–Crippen MR) is 108 cm³/mol. The second-order valence-electron chi connectivity index (χ2n) is 7.89. The molecule has 132 valence electrons. The van der Waals surface area contributed by atoms with Gasteiger partial charge in [0.1, 0.15) is 0 Å². The molecular weight excluding hydrogens is 304 g/mol. The monoisotopic (exact) mass is 334 g/mol. The molecule has 0 bridgehead atoms. The lowest BCUT2D eigenvalue weighted by Gasteiger charge is -2.40. The van der Waals surface area contributed by atoms with Crippen LogP contribution in [0.15, 0.2) is 72.4 Å². The molecule has 2 unspecified atom stereocenters. The molecule has 0 spiro atoms. The van der Waals surface area contributed by atoms with E-state index in [-0.39, 0.29) is 11.5 Å². The van der Waals surface area contributed by atoms with Crippen LogP contribution in [0, 0.1) is 17.3 Å². The van der Waals surface area contributed by atoms with Crippen LogP contribution in [-0.4, -0.2) is 0 Å². The summed E-state index contributed by atoms with van der Waals surface area (Å²) >= 11 is 0. The zero-order chi connectivity index (χ0) is 17.9. The molecule has 4 N–H and O–H groups in total. The number of anilines is 1. The topological polar surface area (TPSA) is 52.0 Å². The van der Waals surface area contributed by atoms with Crippen molar-refractivity contribution in [3.63, 3.8) is 0 Å². The number of hydrogen-bond acceptors (Lipinski definition) is 2. The first-order valence-corrected chi connectivity index (χ1v) is 9.29. The highest BCUT2D eigenvalue weighted by Crippen LogP contribution is 2.46. The van der Waals surface area contributed by atoms with Gasteiger partial charge in [0.15, 0.2) is 0 Å². The molecule has 3 rings (SSSR count). The van der Waals surface area contributed by atoms with Gasteiger partial charge in [-0.3, -0.25) is 0 Å². The van der Waals surface area contributed by atoms with Crippen LogP contribution in [0.25, 0.3) is 0 Å². The Morgan fingerprint density at radius 3 is 2.76 bits per heavy atom. The van der Waals surface area contributed by atoms with Gasteiger partial charge in [-0.25, -0.2) is 0 Å². The molecule has 2 aliphatic rings. The molecule has 1 aromatic rings. The molecule has 1 aromatic carbocycles. The van der Waals surface area contributed by atoms with Crippen LogP contribution in [0.4, 0.5) is 5.69 Å². The number of allylic oxidation sites excluding steroid dienone is 8. The molecule has 0 aliphatic heterocycles. The zero-order valence-electron chi connectivity index (χ0n) is 15.4. The third kappa shape index (κ3) is 4.13. The Balaban J connectivity index is 1.91. The molecular formula is C23H30N2. The van der Waals surface area contributed by atoms with E-state index in [0.29, 0.717) is 11.8 Å². The molecule has 2 heteroatoms. The average molecular weight is 335 g/mol. The summed E-state index contributed by atoms with van der Waals surface area (Å²) in [6.45, 7) is 4.62. The number of hydrogen-bond donors (Lipinski definition) is 2. The van der Waals surface area contributed by atoms with Gasteiger partial charge in [-0.1, -0.05) is 74.1 Å². The maximum absolute atomic E-state index is 6.82. The Labute approximate surface area is 152 Å². The van der Waals surface area contributed by atoms with Gasteiger partial charge in [-0.2, -0.15) is 0 Å². The van der Waals surface area contributed by atoms with E-state index in [1.165, 1.54) is 5.57 Å². The summed E-state index contributed by atoms with van der Waals surface area (Å²) in [5, 5.41) is 0. The third-order valence-corrected chi connectivity index (χ3v) is 5.70. The van der Waals surface area contributed by atoms with Gasteiger partial charge in [0.25, 0.3) is 0 Å². The van der Waals surface area contributed by atoms with E-state index in [1.807, 2.05) is 18.2 Å². The highest BCUT2D eigenvalue weighted by Gasteiger charge is 2.37. The standard InChI is InChI=1S/C23H30N2/c1-17-8-6-9-18(14-17)15-21(23(2)12-4-3-5-13-23)22(25)19-10-7-11-20(24)16-19/h3-12,16-17,21-22H,13-15,24-25H2,1-2H3/t17?,21-,22-,23?/m1/s1. The molecule has 0 fully saturated rings. The van der Waals surface area contributed by atoms with Gasteiger partial charge in [0.05, 0.1) is 0 Å². The van der Waals surface area contributed by atoms with Gasteiger partial charge in [-0.05, 0) is 54.2 Å². The zero-order valence-corrected chi connectivity index (χ0v) is 15.4. The fourth-order valence-corrected chi connectivity index (χ4v) is 4.15. The Hall–Kier alpha value is -2.06. The maximum Gasteiger partial charge on any atom is 0.0335 e. The van der Waals surface area contributed by atoms with Crippen LogP contribution < -0.4 is 11.5 Å². The van der Waals surface area contributed by atoms with Gasteiger partial charge in [0, 0.05) is 11.7 Å². The highest BCUT2D eigenvalue weighted by atomic mass is 14.7. The number of rotatable bonds is 5. The van der Waals surface area contributed by atoms with Crippen molar-refractivity contribution in [2.24, 2.45) is 23.0 Å². The Morgan fingerprint density at radius 1 is 1.24 bits per heavy atom. The molecule has 0 saturated carbocycles. The van der Waals surface area contributed by atoms with Crippen LogP contribution in [0.2, 0.25) is 0 Å². The normalized spacial score (nSPS) is 27.8. The number of benzene rings is 1. The number of nitrogens with two attached hydrogens (primary N) is 2. The van der Waals surface area contributed by atoms with Crippen molar-refractivity contribution < 1.29 is 0 Å². The molecule has 0 heterocycles. The lowest BCUT2D eigenvalue weighted by molar-refractivity contribution is 0.210. The predicted octanol–water partition coefficient (Wildman–Crippen LogP) is 5.32. The lowest BCUT2D eigenvalue weighted by Crippen LogP contribution is -2.35. The van der Waals surface area contributed by atoms with Crippen LogP contribution in [0.1, 0.15) is 44.7 Å². The Kier molecular flexibility index (Phi) is 5.29. The smallest absolute Gasteiger partial charge is 0.0335 e. The third-order valence-electron chi connectivity index (χ3n) is 5.70. The molecule has 4 atom stereocenters. The van der Waals surface area contributed by atoms with Crippen molar-refractivity contribution in [3.8, 4) is 0 Å². The minimum absolute atomic E-state index is 0.0354. The Bertz CT molecular complexity index is 725. The minimum Gasteiger partial charge on any atom is -0.399 e. The van der Waals surface area contributed by atoms with Crippen molar-refractivity contribution >= 4 is 5.69 Å². The van der Waals surface area contributed by atoms with E-state index >= 15 is 0 Å². The molecule has 0 saturated heterocycles. The molecule has 2 nitrogen and oxygen atoms in total. The average Bonchev–Trinajstić information content (AvgIpc) is 2.60. The van der Waals surface area contributed by atoms with E-state index in [1.54, 1.807) is 0 Å². The molecule has 0 amide bonds. The Morgan fingerprint density at radius 2 is 2.08 bits per heavy atom.